The topological polar surface area (TPSA) is 59.3 Å². The molecule has 2 aromatic rings. The summed E-state index contributed by atoms with van der Waals surface area (Å²) in [5.74, 6) is 1.39. The molecular formula is C11H16N4OS. The molecular weight excluding hydrogens is 236 g/mol. The van der Waals surface area contributed by atoms with Gasteiger partial charge in [-0.1, -0.05) is 0 Å². The van der Waals surface area contributed by atoms with Crippen LogP contribution in [0.25, 0.3) is 5.52 Å². The Morgan fingerprint density at radius 2 is 2.35 bits per heavy atom. The summed E-state index contributed by atoms with van der Waals surface area (Å²) in [6.07, 6.45) is 5.22. The molecule has 92 valence electrons. The molecule has 0 aliphatic heterocycles. The molecule has 0 aliphatic carbocycles. The zero-order chi connectivity index (χ0) is 12.4. The summed E-state index contributed by atoms with van der Waals surface area (Å²) in [5.41, 5.74) is 1.89. The maximum absolute atomic E-state index is 11.1. The number of anilines is 1. The standard InChI is InChI=1S/C11H16N4OS/c1-8-6-10-11(12-4-5-15(10)14-8)13-9(2)7-17(3)16/h4-6,9H,7H2,1-3H3,(H,12,13). The van der Waals surface area contributed by atoms with Crippen molar-refractivity contribution in [2.24, 2.45) is 0 Å². The molecule has 0 saturated heterocycles. The van der Waals surface area contributed by atoms with Gasteiger partial charge in [0, 0.05) is 41.2 Å². The highest BCUT2D eigenvalue weighted by Crippen LogP contribution is 2.15. The Hall–Kier alpha value is -1.43. The molecule has 0 fully saturated rings. The van der Waals surface area contributed by atoms with E-state index in [9.17, 15) is 4.21 Å². The monoisotopic (exact) mass is 252 g/mol. The molecule has 2 heterocycles. The molecule has 0 aliphatic rings. The van der Waals surface area contributed by atoms with Crippen molar-refractivity contribution in [3.05, 3.63) is 24.2 Å². The van der Waals surface area contributed by atoms with E-state index >= 15 is 0 Å². The summed E-state index contributed by atoms with van der Waals surface area (Å²) in [6, 6.07) is 2.10. The fraction of sp³-hybridized carbons (Fsp3) is 0.455. The Labute approximate surface area is 103 Å². The van der Waals surface area contributed by atoms with Crippen LogP contribution in [-0.4, -0.2) is 36.9 Å². The molecule has 2 unspecified atom stereocenters. The van der Waals surface area contributed by atoms with Crippen molar-refractivity contribution in [1.82, 2.24) is 14.6 Å². The second kappa shape index (κ2) is 4.83. The Morgan fingerprint density at radius 1 is 1.59 bits per heavy atom. The highest BCUT2D eigenvalue weighted by atomic mass is 32.2. The second-order valence-corrected chi connectivity index (χ2v) is 5.66. The van der Waals surface area contributed by atoms with Gasteiger partial charge < -0.3 is 5.32 Å². The first-order valence-corrected chi connectivity index (χ1v) is 7.16. The highest BCUT2D eigenvalue weighted by Gasteiger charge is 2.09. The zero-order valence-corrected chi connectivity index (χ0v) is 11.0. The van der Waals surface area contributed by atoms with E-state index < -0.39 is 10.8 Å². The van der Waals surface area contributed by atoms with Crippen LogP contribution in [0.4, 0.5) is 5.82 Å². The summed E-state index contributed by atoms with van der Waals surface area (Å²) in [4.78, 5) is 4.30. The van der Waals surface area contributed by atoms with Crippen LogP contribution in [0, 0.1) is 6.92 Å². The molecule has 0 saturated carbocycles. The molecule has 0 aromatic carbocycles. The Balaban J connectivity index is 2.26. The highest BCUT2D eigenvalue weighted by molar-refractivity contribution is 7.84. The number of nitrogens with zero attached hydrogens (tertiary/aromatic N) is 3. The predicted octanol–water partition coefficient (Wildman–Crippen LogP) is 1.22. The fourth-order valence-electron chi connectivity index (χ4n) is 1.78. The predicted molar refractivity (Wildman–Crippen MR) is 69.7 cm³/mol. The third kappa shape index (κ3) is 2.82. The normalized spacial score (nSPS) is 14.8. The summed E-state index contributed by atoms with van der Waals surface area (Å²) in [6.45, 7) is 3.94. The average Bonchev–Trinajstić information content (AvgIpc) is 2.58. The summed E-state index contributed by atoms with van der Waals surface area (Å²) in [5, 5.41) is 7.58. The van der Waals surface area contributed by atoms with Crippen LogP contribution in [-0.2, 0) is 10.8 Å². The number of hydrogen-bond donors (Lipinski definition) is 1. The largest absolute Gasteiger partial charge is 0.365 e. The van der Waals surface area contributed by atoms with E-state index in [0.29, 0.717) is 5.75 Å². The van der Waals surface area contributed by atoms with Gasteiger partial charge in [-0.15, -0.1) is 0 Å². The van der Waals surface area contributed by atoms with Crippen LogP contribution in [0.5, 0.6) is 0 Å². The number of aryl methyl sites for hydroxylation is 1. The van der Waals surface area contributed by atoms with Crippen molar-refractivity contribution in [2.45, 2.75) is 19.9 Å². The quantitative estimate of drug-likeness (QED) is 0.888. The van der Waals surface area contributed by atoms with Crippen molar-refractivity contribution in [2.75, 3.05) is 17.3 Å². The van der Waals surface area contributed by atoms with E-state index in [4.69, 9.17) is 0 Å². The van der Waals surface area contributed by atoms with Gasteiger partial charge in [0.05, 0.1) is 5.69 Å². The van der Waals surface area contributed by atoms with E-state index in [0.717, 1.165) is 17.0 Å². The van der Waals surface area contributed by atoms with Gasteiger partial charge in [0.1, 0.15) is 5.52 Å². The molecule has 6 heteroatoms. The first kappa shape index (κ1) is 12.0. The minimum Gasteiger partial charge on any atom is -0.365 e. The number of fused-ring (bicyclic) bond motifs is 1. The lowest BCUT2D eigenvalue weighted by Crippen LogP contribution is -2.23. The molecule has 0 radical (unpaired) electrons. The van der Waals surface area contributed by atoms with Gasteiger partial charge in [-0.2, -0.15) is 5.10 Å². The lowest BCUT2D eigenvalue weighted by atomic mass is 10.3. The molecule has 0 bridgehead atoms. The first-order valence-electron chi connectivity index (χ1n) is 5.44. The Kier molecular flexibility index (Phi) is 3.42. The molecule has 0 spiro atoms. The van der Waals surface area contributed by atoms with E-state index in [2.05, 4.69) is 15.4 Å². The van der Waals surface area contributed by atoms with Gasteiger partial charge in [-0.3, -0.25) is 4.21 Å². The van der Waals surface area contributed by atoms with Gasteiger partial charge in [0.25, 0.3) is 0 Å². The second-order valence-electron chi connectivity index (χ2n) is 4.18. The zero-order valence-electron chi connectivity index (χ0n) is 10.2. The van der Waals surface area contributed by atoms with Gasteiger partial charge >= 0.3 is 0 Å². The first-order chi connectivity index (χ1) is 8.06. The summed E-state index contributed by atoms with van der Waals surface area (Å²) in [7, 11) is -0.811. The maximum atomic E-state index is 11.1. The smallest absolute Gasteiger partial charge is 0.152 e. The fourth-order valence-corrected chi connectivity index (χ4v) is 2.57. The van der Waals surface area contributed by atoms with E-state index in [-0.39, 0.29) is 6.04 Å². The van der Waals surface area contributed by atoms with E-state index in [1.807, 2.05) is 26.1 Å². The molecule has 1 N–H and O–H groups in total. The van der Waals surface area contributed by atoms with Crippen LogP contribution < -0.4 is 5.32 Å². The van der Waals surface area contributed by atoms with E-state index in [1.54, 1.807) is 17.0 Å². The molecule has 5 nitrogen and oxygen atoms in total. The summed E-state index contributed by atoms with van der Waals surface area (Å²) >= 11 is 0. The van der Waals surface area contributed by atoms with Crippen LogP contribution in [0.3, 0.4) is 0 Å². The number of hydrogen-bond acceptors (Lipinski definition) is 4. The number of nitrogens with one attached hydrogen (secondary N) is 1. The molecule has 2 rings (SSSR count). The van der Waals surface area contributed by atoms with Gasteiger partial charge in [-0.25, -0.2) is 9.50 Å². The van der Waals surface area contributed by atoms with Gasteiger partial charge in [0.15, 0.2) is 5.82 Å². The van der Waals surface area contributed by atoms with Gasteiger partial charge in [-0.05, 0) is 19.9 Å². The molecule has 2 atom stereocenters. The average molecular weight is 252 g/mol. The Morgan fingerprint density at radius 3 is 3.06 bits per heavy atom. The summed E-state index contributed by atoms with van der Waals surface area (Å²) < 4.78 is 12.9. The number of rotatable bonds is 4. The third-order valence-corrected chi connectivity index (χ3v) is 3.35. The van der Waals surface area contributed by atoms with Crippen molar-refractivity contribution >= 4 is 22.1 Å². The van der Waals surface area contributed by atoms with Crippen molar-refractivity contribution in [3.8, 4) is 0 Å². The third-order valence-electron chi connectivity index (χ3n) is 2.38. The van der Waals surface area contributed by atoms with Crippen LogP contribution in [0.2, 0.25) is 0 Å². The SMILES string of the molecule is Cc1cc2c(NC(C)CS(C)=O)nccn2n1. The minimum atomic E-state index is -0.811. The van der Waals surface area contributed by atoms with Crippen molar-refractivity contribution in [1.29, 1.82) is 0 Å². The Bertz CT molecular complexity index is 551. The van der Waals surface area contributed by atoms with Crippen LogP contribution >= 0.6 is 0 Å². The minimum absolute atomic E-state index is 0.120. The van der Waals surface area contributed by atoms with Crippen molar-refractivity contribution in [3.63, 3.8) is 0 Å². The molecule has 2 aromatic heterocycles. The molecule has 17 heavy (non-hydrogen) atoms. The lowest BCUT2D eigenvalue weighted by Gasteiger charge is -2.13. The molecule has 0 amide bonds. The van der Waals surface area contributed by atoms with Crippen LogP contribution in [0.15, 0.2) is 18.5 Å². The van der Waals surface area contributed by atoms with Crippen LogP contribution in [0.1, 0.15) is 12.6 Å². The maximum Gasteiger partial charge on any atom is 0.152 e. The lowest BCUT2D eigenvalue weighted by molar-refractivity contribution is 0.683. The van der Waals surface area contributed by atoms with E-state index in [1.165, 1.54) is 0 Å². The van der Waals surface area contributed by atoms with Crippen molar-refractivity contribution < 1.29 is 4.21 Å². The number of aromatic nitrogens is 3. The van der Waals surface area contributed by atoms with Gasteiger partial charge in [0.2, 0.25) is 0 Å².